The maximum atomic E-state index is 12.9. The van der Waals surface area contributed by atoms with Gasteiger partial charge in [-0.25, -0.2) is 4.79 Å². The van der Waals surface area contributed by atoms with Gasteiger partial charge in [-0.3, -0.25) is 14.5 Å². The van der Waals surface area contributed by atoms with E-state index in [2.05, 4.69) is 0 Å². The van der Waals surface area contributed by atoms with Crippen LogP contribution >= 0.6 is 11.8 Å². The number of thioether (sulfide) groups is 1. The molecular formula is C20H27NO4S. The highest BCUT2D eigenvalue weighted by atomic mass is 32.2. The molecule has 6 heteroatoms. The minimum atomic E-state index is -0.786. The zero-order valence-corrected chi connectivity index (χ0v) is 17.3. The van der Waals surface area contributed by atoms with Crippen molar-refractivity contribution in [2.75, 3.05) is 17.8 Å². The molecule has 0 radical (unpaired) electrons. The molecule has 1 atom stereocenters. The van der Waals surface area contributed by atoms with Crippen LogP contribution in [0.5, 0.6) is 0 Å². The summed E-state index contributed by atoms with van der Waals surface area (Å²) >= 11 is 0.930. The van der Waals surface area contributed by atoms with E-state index in [4.69, 9.17) is 4.74 Å². The van der Waals surface area contributed by atoms with Gasteiger partial charge in [0.1, 0.15) is 6.04 Å². The number of carbonyl (C=O) groups is 3. The minimum absolute atomic E-state index is 0.0449. The molecule has 0 bridgehead atoms. The average Bonchev–Trinajstić information content (AvgIpc) is 2.58. The summed E-state index contributed by atoms with van der Waals surface area (Å²) in [5.41, 5.74) is 4.41. The normalized spacial score (nSPS) is 11.5. The molecule has 0 aliphatic rings. The monoisotopic (exact) mass is 377 g/mol. The summed E-state index contributed by atoms with van der Waals surface area (Å²) in [5.74, 6) is -0.851. The van der Waals surface area contributed by atoms with Crippen molar-refractivity contribution in [3.8, 4) is 0 Å². The standard InChI is InChI=1S/C20H27NO4S/c1-12(2)10-18(23)26-11-17(22)21(16(6)20(24)25-7)19-14(4)9-8-13(3)15(19)5/h8-10,16H,11H2,1-7H3/t16-/m0/s1. The number of nitrogens with zero attached hydrogens (tertiary/aromatic N) is 1. The van der Waals surface area contributed by atoms with Crippen molar-refractivity contribution in [1.82, 2.24) is 0 Å². The Morgan fingerprint density at radius 1 is 1.15 bits per heavy atom. The fourth-order valence-electron chi connectivity index (χ4n) is 2.60. The van der Waals surface area contributed by atoms with E-state index in [1.165, 1.54) is 18.1 Å². The van der Waals surface area contributed by atoms with Crippen LogP contribution in [0, 0.1) is 20.8 Å². The quantitative estimate of drug-likeness (QED) is 0.558. The van der Waals surface area contributed by atoms with Gasteiger partial charge in [0.2, 0.25) is 11.0 Å². The number of hydrogen-bond donors (Lipinski definition) is 0. The van der Waals surface area contributed by atoms with E-state index in [-0.39, 0.29) is 16.8 Å². The molecule has 0 aliphatic heterocycles. The van der Waals surface area contributed by atoms with Crippen molar-refractivity contribution < 1.29 is 19.1 Å². The minimum Gasteiger partial charge on any atom is -0.467 e. The highest BCUT2D eigenvalue weighted by molar-refractivity contribution is 8.14. The molecule has 1 amide bonds. The first-order valence-electron chi connectivity index (χ1n) is 8.38. The zero-order chi connectivity index (χ0) is 20.0. The zero-order valence-electron chi connectivity index (χ0n) is 16.5. The van der Waals surface area contributed by atoms with Crippen molar-refractivity contribution in [3.63, 3.8) is 0 Å². The Balaban J connectivity index is 3.25. The van der Waals surface area contributed by atoms with E-state index < -0.39 is 12.0 Å². The molecule has 142 valence electrons. The van der Waals surface area contributed by atoms with E-state index in [9.17, 15) is 14.4 Å². The summed E-state index contributed by atoms with van der Waals surface area (Å²) in [7, 11) is 1.30. The molecule has 0 N–H and O–H groups in total. The number of ether oxygens (including phenoxy) is 1. The summed E-state index contributed by atoms with van der Waals surface area (Å²) < 4.78 is 4.84. The first-order chi connectivity index (χ1) is 12.1. The molecule has 1 rings (SSSR count). The second-order valence-electron chi connectivity index (χ2n) is 6.47. The number of hydrogen-bond acceptors (Lipinski definition) is 5. The van der Waals surface area contributed by atoms with Gasteiger partial charge in [0.15, 0.2) is 0 Å². The van der Waals surface area contributed by atoms with Crippen LogP contribution in [0.15, 0.2) is 23.8 Å². The molecular weight excluding hydrogens is 350 g/mol. The second-order valence-corrected chi connectivity index (χ2v) is 7.44. The number of carbonyl (C=O) groups excluding carboxylic acids is 3. The van der Waals surface area contributed by atoms with Crippen molar-refractivity contribution >= 4 is 34.4 Å². The van der Waals surface area contributed by atoms with Crippen molar-refractivity contribution in [3.05, 3.63) is 40.5 Å². The highest BCUT2D eigenvalue weighted by Crippen LogP contribution is 2.30. The summed E-state index contributed by atoms with van der Waals surface area (Å²) in [6.07, 6.45) is 1.50. The number of anilines is 1. The summed E-state index contributed by atoms with van der Waals surface area (Å²) in [6, 6.07) is 3.11. The van der Waals surface area contributed by atoms with Crippen molar-refractivity contribution in [1.29, 1.82) is 0 Å². The number of aryl methyl sites for hydroxylation is 2. The predicted molar refractivity (Wildman–Crippen MR) is 107 cm³/mol. The van der Waals surface area contributed by atoms with Crippen molar-refractivity contribution in [2.24, 2.45) is 0 Å². The maximum absolute atomic E-state index is 12.9. The van der Waals surface area contributed by atoms with Crippen LogP contribution in [0.4, 0.5) is 5.69 Å². The number of rotatable bonds is 6. The van der Waals surface area contributed by atoms with Crippen LogP contribution in [0.1, 0.15) is 37.5 Å². The molecule has 0 heterocycles. The smallest absolute Gasteiger partial charge is 0.328 e. The van der Waals surface area contributed by atoms with E-state index in [0.29, 0.717) is 5.69 Å². The molecule has 0 aromatic heterocycles. The van der Waals surface area contributed by atoms with E-state index in [0.717, 1.165) is 34.0 Å². The van der Waals surface area contributed by atoms with Gasteiger partial charge in [-0.1, -0.05) is 29.5 Å². The Labute approximate surface area is 159 Å². The van der Waals surface area contributed by atoms with Gasteiger partial charge >= 0.3 is 5.97 Å². The lowest BCUT2D eigenvalue weighted by Gasteiger charge is -2.31. The Bertz CT molecular complexity index is 736. The molecule has 0 saturated carbocycles. The van der Waals surface area contributed by atoms with E-state index >= 15 is 0 Å². The predicted octanol–water partition coefficient (Wildman–Crippen LogP) is 3.73. The molecule has 26 heavy (non-hydrogen) atoms. The SMILES string of the molecule is COC(=O)[C@H](C)N(C(=O)CSC(=O)C=C(C)C)c1c(C)ccc(C)c1C. The lowest BCUT2D eigenvalue weighted by Crippen LogP contribution is -2.46. The molecule has 1 aromatic carbocycles. The van der Waals surface area contributed by atoms with Crippen LogP contribution in [-0.2, 0) is 19.1 Å². The molecule has 1 aromatic rings. The number of methoxy groups -OCH3 is 1. The topological polar surface area (TPSA) is 63.7 Å². The number of esters is 1. The first kappa shape index (κ1) is 22.0. The van der Waals surface area contributed by atoms with Crippen LogP contribution in [0.25, 0.3) is 0 Å². The molecule has 0 saturated heterocycles. The molecule has 0 fully saturated rings. The molecule has 5 nitrogen and oxygen atoms in total. The van der Waals surface area contributed by atoms with Crippen molar-refractivity contribution in [2.45, 2.75) is 47.6 Å². The van der Waals surface area contributed by atoms with E-state index in [1.807, 2.05) is 46.8 Å². The lowest BCUT2D eigenvalue weighted by molar-refractivity contribution is -0.142. The number of allylic oxidation sites excluding steroid dienone is 1. The maximum Gasteiger partial charge on any atom is 0.328 e. The fraction of sp³-hybridized carbons (Fsp3) is 0.450. The molecule has 0 unspecified atom stereocenters. The number of benzene rings is 1. The Morgan fingerprint density at radius 2 is 1.73 bits per heavy atom. The van der Waals surface area contributed by atoms with Crippen LogP contribution in [0.3, 0.4) is 0 Å². The van der Waals surface area contributed by atoms with E-state index in [1.54, 1.807) is 6.92 Å². The highest BCUT2D eigenvalue weighted by Gasteiger charge is 2.30. The van der Waals surface area contributed by atoms with Crippen LogP contribution < -0.4 is 4.90 Å². The van der Waals surface area contributed by atoms with Gasteiger partial charge in [0, 0.05) is 0 Å². The Kier molecular flexibility index (Phi) is 8.08. The van der Waals surface area contributed by atoms with Gasteiger partial charge in [-0.05, 0) is 64.3 Å². The average molecular weight is 378 g/mol. The fourth-order valence-corrected chi connectivity index (χ4v) is 3.32. The second kappa shape index (κ2) is 9.57. The van der Waals surface area contributed by atoms with Gasteiger partial charge < -0.3 is 4.74 Å². The van der Waals surface area contributed by atoms with Gasteiger partial charge in [-0.15, -0.1) is 0 Å². The van der Waals surface area contributed by atoms with Crippen LogP contribution in [0.2, 0.25) is 0 Å². The van der Waals surface area contributed by atoms with Crippen LogP contribution in [-0.4, -0.2) is 35.9 Å². The number of amides is 1. The third-order valence-corrected chi connectivity index (χ3v) is 4.88. The third kappa shape index (κ3) is 5.46. The lowest BCUT2D eigenvalue weighted by atomic mass is 10.0. The Morgan fingerprint density at radius 3 is 2.27 bits per heavy atom. The van der Waals surface area contributed by atoms with Gasteiger partial charge in [-0.2, -0.15) is 0 Å². The van der Waals surface area contributed by atoms with Gasteiger partial charge in [0.25, 0.3) is 0 Å². The summed E-state index contributed by atoms with van der Waals surface area (Å²) in [5, 5.41) is -0.179. The summed E-state index contributed by atoms with van der Waals surface area (Å²) in [4.78, 5) is 38.4. The molecule has 0 spiro atoms. The summed E-state index contributed by atoms with van der Waals surface area (Å²) in [6.45, 7) is 11.1. The largest absolute Gasteiger partial charge is 0.467 e. The van der Waals surface area contributed by atoms with Gasteiger partial charge in [0.05, 0.1) is 18.6 Å². The Hall–Kier alpha value is -2.08. The third-order valence-electron chi connectivity index (χ3n) is 4.09. The molecule has 0 aliphatic carbocycles. The first-order valence-corrected chi connectivity index (χ1v) is 9.37.